The van der Waals surface area contributed by atoms with Gasteiger partial charge in [-0.05, 0) is 39.3 Å². The van der Waals surface area contributed by atoms with Gasteiger partial charge in [-0.25, -0.2) is 4.79 Å². The maximum Gasteiger partial charge on any atom is 0.333 e. The molecule has 0 atom stereocenters. The summed E-state index contributed by atoms with van der Waals surface area (Å²) in [6.45, 7) is 0. The number of carbonyl (C=O) groups is 3. The lowest BCUT2D eigenvalue weighted by molar-refractivity contribution is -0.134. The highest BCUT2D eigenvalue weighted by Gasteiger charge is 2.37. The molecule has 0 spiro atoms. The normalized spacial score (nSPS) is 15.3. The Kier molecular flexibility index (Phi) is 3.58. The van der Waals surface area contributed by atoms with E-state index in [9.17, 15) is 14.4 Å². The van der Waals surface area contributed by atoms with E-state index in [1.807, 2.05) is 48.5 Å². The molecule has 1 heterocycles. The molecule has 0 bridgehead atoms. The number of urea groups is 1. The fourth-order valence-electron chi connectivity index (χ4n) is 3.32. The molecule has 0 N–H and O–H groups in total. The lowest BCUT2D eigenvalue weighted by Crippen LogP contribution is -2.52. The molecule has 5 nitrogen and oxygen atoms in total. The van der Waals surface area contributed by atoms with E-state index in [4.69, 9.17) is 0 Å². The highest BCUT2D eigenvalue weighted by molar-refractivity contribution is 6.31. The van der Waals surface area contributed by atoms with Crippen molar-refractivity contribution in [1.29, 1.82) is 0 Å². The summed E-state index contributed by atoms with van der Waals surface area (Å²) in [6.07, 6.45) is 1.61. The third-order valence-electron chi connectivity index (χ3n) is 4.75. The number of carbonyl (C=O) groups excluding carboxylic acids is 3. The zero-order valence-electron chi connectivity index (χ0n) is 14.4. The van der Waals surface area contributed by atoms with Crippen LogP contribution in [0.5, 0.6) is 0 Å². The molecule has 0 saturated carbocycles. The van der Waals surface area contributed by atoms with Crippen LogP contribution in [0, 0.1) is 0 Å². The van der Waals surface area contributed by atoms with Gasteiger partial charge in [-0.2, -0.15) is 0 Å². The molecule has 1 aliphatic rings. The molecule has 0 unspecified atom stereocenters. The highest BCUT2D eigenvalue weighted by atomic mass is 16.2. The Labute approximate surface area is 150 Å². The number of imide groups is 2. The average molecular weight is 344 g/mol. The van der Waals surface area contributed by atoms with Crippen LogP contribution in [0.4, 0.5) is 4.79 Å². The molecule has 1 fully saturated rings. The second kappa shape index (κ2) is 5.81. The number of hydrogen-bond donors (Lipinski definition) is 0. The standard InChI is InChI=1S/C21H16N2O3/c1-22-19(24)18(20(25)23(2)21(22)26)12-17-15-9-5-3-7-13(15)11-14-8-4-6-10-16(14)17/h3-12H,1-2H3. The van der Waals surface area contributed by atoms with Crippen molar-refractivity contribution >= 4 is 45.5 Å². The molecular formula is C21H16N2O3. The predicted octanol–water partition coefficient (Wildman–Crippen LogP) is 3.43. The van der Waals surface area contributed by atoms with Crippen molar-refractivity contribution in [2.24, 2.45) is 0 Å². The fourth-order valence-corrected chi connectivity index (χ4v) is 3.32. The van der Waals surface area contributed by atoms with Crippen molar-refractivity contribution in [3.8, 4) is 0 Å². The molecule has 0 aliphatic carbocycles. The fraction of sp³-hybridized carbons (Fsp3) is 0.0952. The van der Waals surface area contributed by atoms with E-state index in [1.165, 1.54) is 14.1 Å². The lowest BCUT2D eigenvalue weighted by Gasteiger charge is -2.29. The Balaban J connectivity index is 2.04. The zero-order chi connectivity index (χ0) is 18.4. The first-order valence-electron chi connectivity index (χ1n) is 8.21. The molecule has 1 saturated heterocycles. The average Bonchev–Trinajstić information content (AvgIpc) is 2.67. The topological polar surface area (TPSA) is 57.7 Å². The van der Waals surface area contributed by atoms with Crippen LogP contribution in [-0.2, 0) is 9.59 Å². The van der Waals surface area contributed by atoms with Crippen LogP contribution in [0.15, 0.2) is 60.2 Å². The van der Waals surface area contributed by atoms with Gasteiger partial charge < -0.3 is 0 Å². The molecule has 4 amide bonds. The van der Waals surface area contributed by atoms with Gasteiger partial charge in [0.05, 0.1) is 0 Å². The predicted molar refractivity (Wildman–Crippen MR) is 100 cm³/mol. The molecule has 0 aromatic heterocycles. The van der Waals surface area contributed by atoms with Crippen molar-refractivity contribution in [1.82, 2.24) is 9.80 Å². The van der Waals surface area contributed by atoms with E-state index in [1.54, 1.807) is 6.08 Å². The maximum atomic E-state index is 12.6. The number of barbiturate groups is 1. The van der Waals surface area contributed by atoms with Crippen molar-refractivity contribution in [2.45, 2.75) is 0 Å². The van der Waals surface area contributed by atoms with E-state index in [2.05, 4.69) is 6.07 Å². The summed E-state index contributed by atoms with van der Waals surface area (Å²) in [5.74, 6) is -1.18. The van der Waals surface area contributed by atoms with E-state index in [0.717, 1.165) is 36.9 Å². The summed E-state index contributed by atoms with van der Waals surface area (Å²) in [6, 6.07) is 17.1. The van der Waals surface area contributed by atoms with Gasteiger partial charge >= 0.3 is 6.03 Å². The molecular weight excluding hydrogens is 328 g/mol. The number of likely N-dealkylation sites (N-methyl/N-ethyl adjacent to an activating group) is 2. The first-order valence-corrected chi connectivity index (χ1v) is 8.21. The molecule has 3 aromatic carbocycles. The Bertz CT molecular complexity index is 1050. The maximum absolute atomic E-state index is 12.6. The molecule has 5 heteroatoms. The van der Waals surface area contributed by atoms with Crippen LogP contribution in [0.3, 0.4) is 0 Å². The molecule has 3 aromatic rings. The van der Waals surface area contributed by atoms with E-state index < -0.39 is 17.8 Å². The van der Waals surface area contributed by atoms with Crippen molar-refractivity contribution in [3.63, 3.8) is 0 Å². The molecule has 26 heavy (non-hydrogen) atoms. The number of benzene rings is 3. The van der Waals surface area contributed by atoms with Gasteiger partial charge in [-0.1, -0.05) is 48.5 Å². The Morgan fingerprint density at radius 1 is 0.731 bits per heavy atom. The SMILES string of the molecule is CN1C(=O)C(=Cc2c3ccccc3cc3ccccc23)C(=O)N(C)C1=O. The summed E-state index contributed by atoms with van der Waals surface area (Å²) >= 11 is 0. The summed E-state index contributed by atoms with van der Waals surface area (Å²) in [5, 5.41) is 3.93. The van der Waals surface area contributed by atoms with Crippen LogP contribution >= 0.6 is 0 Å². The van der Waals surface area contributed by atoms with Gasteiger partial charge in [0, 0.05) is 14.1 Å². The van der Waals surface area contributed by atoms with Gasteiger partial charge in [0.2, 0.25) is 0 Å². The molecule has 4 rings (SSSR count). The van der Waals surface area contributed by atoms with Gasteiger partial charge in [-0.3, -0.25) is 19.4 Å². The summed E-state index contributed by atoms with van der Waals surface area (Å²) in [5.41, 5.74) is 0.780. The van der Waals surface area contributed by atoms with Crippen LogP contribution in [0.2, 0.25) is 0 Å². The number of rotatable bonds is 1. The smallest absolute Gasteiger partial charge is 0.268 e. The van der Waals surface area contributed by atoms with Crippen molar-refractivity contribution in [2.75, 3.05) is 14.1 Å². The van der Waals surface area contributed by atoms with E-state index >= 15 is 0 Å². The quantitative estimate of drug-likeness (QED) is 0.386. The van der Waals surface area contributed by atoms with Crippen LogP contribution < -0.4 is 0 Å². The van der Waals surface area contributed by atoms with Crippen molar-refractivity contribution < 1.29 is 14.4 Å². The first-order chi connectivity index (χ1) is 12.5. The third-order valence-corrected chi connectivity index (χ3v) is 4.75. The second-order valence-corrected chi connectivity index (χ2v) is 6.30. The van der Waals surface area contributed by atoms with E-state index in [0.29, 0.717) is 0 Å². The summed E-state index contributed by atoms with van der Waals surface area (Å²) in [4.78, 5) is 39.0. The number of hydrogen-bond acceptors (Lipinski definition) is 3. The zero-order valence-corrected chi connectivity index (χ0v) is 14.4. The molecule has 0 radical (unpaired) electrons. The van der Waals surface area contributed by atoms with Gasteiger partial charge in [0.25, 0.3) is 11.8 Å². The largest absolute Gasteiger partial charge is 0.333 e. The monoisotopic (exact) mass is 344 g/mol. The summed E-state index contributed by atoms with van der Waals surface area (Å²) < 4.78 is 0. The minimum atomic E-state index is -0.625. The minimum absolute atomic E-state index is 0.0175. The first kappa shape index (κ1) is 16.0. The molecule has 128 valence electrons. The lowest BCUT2D eigenvalue weighted by atomic mass is 9.94. The van der Waals surface area contributed by atoms with Crippen molar-refractivity contribution in [3.05, 3.63) is 65.7 Å². The minimum Gasteiger partial charge on any atom is -0.268 e. The van der Waals surface area contributed by atoms with Gasteiger partial charge in [-0.15, -0.1) is 0 Å². The van der Waals surface area contributed by atoms with Gasteiger partial charge in [0.1, 0.15) is 5.57 Å². The van der Waals surface area contributed by atoms with Gasteiger partial charge in [0.15, 0.2) is 0 Å². The van der Waals surface area contributed by atoms with Crippen LogP contribution in [-0.4, -0.2) is 41.7 Å². The molecule has 1 aliphatic heterocycles. The Morgan fingerprint density at radius 2 is 1.19 bits per heavy atom. The van der Waals surface area contributed by atoms with Crippen LogP contribution in [0.25, 0.3) is 27.6 Å². The van der Waals surface area contributed by atoms with E-state index in [-0.39, 0.29) is 5.57 Å². The third kappa shape index (κ3) is 2.29. The summed E-state index contributed by atoms with van der Waals surface area (Å²) in [7, 11) is 2.76. The number of fused-ring (bicyclic) bond motifs is 2. The Morgan fingerprint density at radius 3 is 1.69 bits per heavy atom. The number of nitrogens with zero attached hydrogens (tertiary/aromatic N) is 2. The highest BCUT2D eigenvalue weighted by Crippen LogP contribution is 2.31. The van der Waals surface area contributed by atoms with Crippen LogP contribution in [0.1, 0.15) is 5.56 Å². The Hall–Kier alpha value is -3.47. The number of amides is 4. The second-order valence-electron chi connectivity index (χ2n) is 6.30.